The van der Waals surface area contributed by atoms with Crippen molar-refractivity contribution in [3.05, 3.63) is 0 Å². The van der Waals surface area contributed by atoms with Gasteiger partial charge in [0.25, 0.3) is 0 Å². The van der Waals surface area contributed by atoms with Gasteiger partial charge < -0.3 is 5.32 Å². The molecule has 2 unspecified atom stereocenters. The van der Waals surface area contributed by atoms with Gasteiger partial charge in [0.05, 0.1) is 11.5 Å². The average Bonchev–Trinajstić information content (AvgIpc) is 2.24. The van der Waals surface area contributed by atoms with Crippen molar-refractivity contribution >= 4 is 15.7 Å². The van der Waals surface area contributed by atoms with Crippen molar-refractivity contribution in [3.8, 4) is 0 Å². The maximum atomic E-state index is 11.5. The van der Waals surface area contributed by atoms with Crippen LogP contribution in [0.3, 0.4) is 0 Å². The van der Waals surface area contributed by atoms with E-state index >= 15 is 0 Å². The second-order valence-electron chi connectivity index (χ2n) is 4.52. The Hall–Kier alpha value is -0.580. The van der Waals surface area contributed by atoms with Crippen LogP contribution in [0.1, 0.15) is 26.2 Å². The number of carbonyl (C=O) groups excluding carboxylic acids is 1. The summed E-state index contributed by atoms with van der Waals surface area (Å²) >= 11 is 0. The maximum absolute atomic E-state index is 11.5. The number of hydrogen-bond acceptors (Lipinski definition) is 3. The average molecular weight is 217 g/mol. The Bertz CT molecular complexity index is 362. The van der Waals surface area contributed by atoms with E-state index in [1.807, 2.05) is 6.92 Å². The molecular weight excluding hydrogens is 202 g/mol. The summed E-state index contributed by atoms with van der Waals surface area (Å²) in [6.45, 7) is 1.91. The first-order valence-electron chi connectivity index (χ1n) is 4.93. The van der Waals surface area contributed by atoms with Gasteiger partial charge in [-0.15, -0.1) is 0 Å². The molecule has 4 nitrogen and oxygen atoms in total. The molecule has 0 aromatic rings. The molecule has 80 valence electrons. The van der Waals surface area contributed by atoms with Gasteiger partial charge in [-0.3, -0.25) is 4.79 Å². The molecule has 2 heterocycles. The normalized spacial score (nSPS) is 41.2. The summed E-state index contributed by atoms with van der Waals surface area (Å²) in [5, 5.41) is 2.81. The summed E-state index contributed by atoms with van der Waals surface area (Å²) in [5.74, 6) is 0.463. The summed E-state index contributed by atoms with van der Waals surface area (Å²) < 4.78 is 23.0. The summed E-state index contributed by atoms with van der Waals surface area (Å²) in [7, 11) is -2.92. The lowest BCUT2D eigenvalue weighted by atomic mass is 9.79. The van der Waals surface area contributed by atoms with Crippen LogP contribution in [0.15, 0.2) is 0 Å². The van der Waals surface area contributed by atoms with Crippen molar-refractivity contribution < 1.29 is 13.2 Å². The zero-order valence-electron chi connectivity index (χ0n) is 8.25. The Morgan fingerprint density at radius 3 is 2.71 bits per heavy atom. The fourth-order valence-electron chi connectivity index (χ4n) is 2.63. The highest BCUT2D eigenvalue weighted by atomic mass is 32.2. The van der Waals surface area contributed by atoms with E-state index in [9.17, 15) is 13.2 Å². The smallest absolute Gasteiger partial charge is 0.220 e. The molecule has 0 bridgehead atoms. The minimum Gasteiger partial charge on any atom is -0.353 e. The van der Waals surface area contributed by atoms with Crippen LogP contribution in [0.5, 0.6) is 0 Å². The van der Waals surface area contributed by atoms with Gasteiger partial charge in [0.15, 0.2) is 9.84 Å². The van der Waals surface area contributed by atoms with E-state index in [-0.39, 0.29) is 28.9 Å². The van der Waals surface area contributed by atoms with Crippen LogP contribution in [-0.4, -0.2) is 31.9 Å². The molecule has 2 aliphatic rings. The molecule has 0 aromatic carbocycles. The number of nitrogens with one attached hydrogen (secondary N) is 1. The lowest BCUT2D eigenvalue weighted by molar-refractivity contribution is -0.119. The Kier molecular flexibility index (Phi) is 2.10. The van der Waals surface area contributed by atoms with E-state index in [0.29, 0.717) is 12.8 Å². The monoisotopic (exact) mass is 217 g/mol. The second kappa shape index (κ2) is 2.95. The lowest BCUT2D eigenvalue weighted by Gasteiger charge is -2.35. The van der Waals surface area contributed by atoms with Gasteiger partial charge in [0.2, 0.25) is 5.91 Å². The van der Waals surface area contributed by atoms with E-state index in [1.165, 1.54) is 0 Å². The molecular formula is C9H15NO3S. The van der Waals surface area contributed by atoms with E-state index in [0.717, 1.165) is 6.42 Å². The first kappa shape index (κ1) is 9.96. The van der Waals surface area contributed by atoms with Crippen molar-refractivity contribution in [2.45, 2.75) is 32.2 Å². The number of rotatable bonds is 0. The van der Waals surface area contributed by atoms with Crippen molar-refractivity contribution in [2.75, 3.05) is 11.5 Å². The summed E-state index contributed by atoms with van der Waals surface area (Å²) in [6, 6.07) is 0.00470. The van der Waals surface area contributed by atoms with E-state index in [1.54, 1.807) is 0 Å². The zero-order chi connectivity index (χ0) is 10.4. The molecule has 1 amide bonds. The highest BCUT2D eigenvalue weighted by molar-refractivity contribution is 7.91. The van der Waals surface area contributed by atoms with Crippen LogP contribution >= 0.6 is 0 Å². The number of carbonyl (C=O) groups is 1. The SMILES string of the molecule is CC1NC(=O)CC12CCCS(=O)(=O)C2. The van der Waals surface area contributed by atoms with Crippen LogP contribution in [0, 0.1) is 5.41 Å². The van der Waals surface area contributed by atoms with Gasteiger partial charge in [0.1, 0.15) is 0 Å². The number of sulfone groups is 1. The van der Waals surface area contributed by atoms with Crippen molar-refractivity contribution in [1.82, 2.24) is 5.32 Å². The summed E-state index contributed by atoms with van der Waals surface area (Å²) in [6.07, 6.45) is 1.93. The molecule has 1 N–H and O–H groups in total. The van der Waals surface area contributed by atoms with E-state index in [2.05, 4.69) is 5.32 Å². The Balaban J connectivity index is 2.28. The lowest BCUT2D eigenvalue weighted by Crippen LogP contribution is -2.43. The van der Waals surface area contributed by atoms with Crippen LogP contribution in [0.25, 0.3) is 0 Å². The van der Waals surface area contributed by atoms with E-state index in [4.69, 9.17) is 0 Å². The fourth-order valence-corrected chi connectivity index (χ4v) is 4.73. The zero-order valence-corrected chi connectivity index (χ0v) is 9.06. The fraction of sp³-hybridized carbons (Fsp3) is 0.889. The predicted octanol–water partition coefficient (Wildman–Crippen LogP) is 0.0898. The number of amides is 1. The molecule has 2 saturated heterocycles. The Labute approximate surface area is 84.0 Å². The van der Waals surface area contributed by atoms with Gasteiger partial charge in [0, 0.05) is 17.9 Å². The van der Waals surface area contributed by atoms with Gasteiger partial charge in [-0.05, 0) is 19.8 Å². The topological polar surface area (TPSA) is 63.2 Å². The Morgan fingerprint density at radius 2 is 2.21 bits per heavy atom. The van der Waals surface area contributed by atoms with Crippen LogP contribution in [-0.2, 0) is 14.6 Å². The first-order valence-corrected chi connectivity index (χ1v) is 6.76. The molecule has 2 rings (SSSR count). The quantitative estimate of drug-likeness (QED) is 0.625. The minimum absolute atomic E-state index is 0.00470. The first-order chi connectivity index (χ1) is 6.44. The van der Waals surface area contributed by atoms with Gasteiger partial charge in [-0.1, -0.05) is 0 Å². The van der Waals surface area contributed by atoms with Crippen LogP contribution in [0.2, 0.25) is 0 Å². The molecule has 0 aliphatic carbocycles. The van der Waals surface area contributed by atoms with Crippen LogP contribution < -0.4 is 5.32 Å². The predicted molar refractivity (Wildman–Crippen MR) is 52.5 cm³/mol. The summed E-state index contributed by atoms with van der Waals surface area (Å²) in [4.78, 5) is 11.2. The Morgan fingerprint density at radius 1 is 1.50 bits per heavy atom. The van der Waals surface area contributed by atoms with E-state index < -0.39 is 9.84 Å². The largest absolute Gasteiger partial charge is 0.353 e. The second-order valence-corrected chi connectivity index (χ2v) is 6.71. The molecule has 2 fully saturated rings. The molecule has 14 heavy (non-hydrogen) atoms. The molecule has 0 aromatic heterocycles. The van der Waals surface area contributed by atoms with Crippen molar-refractivity contribution in [1.29, 1.82) is 0 Å². The third-order valence-electron chi connectivity index (χ3n) is 3.45. The third-order valence-corrected chi connectivity index (χ3v) is 5.37. The van der Waals surface area contributed by atoms with Gasteiger partial charge >= 0.3 is 0 Å². The maximum Gasteiger partial charge on any atom is 0.220 e. The van der Waals surface area contributed by atoms with Crippen molar-refractivity contribution in [2.24, 2.45) is 5.41 Å². The molecule has 1 spiro atoms. The highest BCUT2D eigenvalue weighted by Gasteiger charge is 2.48. The van der Waals surface area contributed by atoms with Crippen molar-refractivity contribution in [3.63, 3.8) is 0 Å². The molecule has 0 radical (unpaired) electrons. The minimum atomic E-state index is -2.92. The van der Waals surface area contributed by atoms with Gasteiger partial charge in [-0.25, -0.2) is 8.42 Å². The highest BCUT2D eigenvalue weighted by Crippen LogP contribution is 2.41. The standard InChI is InChI=1S/C9H15NO3S/c1-7-9(5-8(11)10-7)3-2-4-14(12,13)6-9/h7H,2-6H2,1H3,(H,10,11). The number of hydrogen-bond donors (Lipinski definition) is 1. The third kappa shape index (κ3) is 1.54. The molecule has 2 aliphatic heterocycles. The van der Waals surface area contributed by atoms with Crippen LogP contribution in [0.4, 0.5) is 0 Å². The molecule has 5 heteroatoms. The van der Waals surface area contributed by atoms with Gasteiger partial charge in [-0.2, -0.15) is 0 Å². The molecule has 0 saturated carbocycles. The summed E-state index contributed by atoms with van der Waals surface area (Å²) in [5.41, 5.74) is -0.311. The molecule has 2 atom stereocenters.